The van der Waals surface area contributed by atoms with Gasteiger partial charge in [0.2, 0.25) is 5.91 Å². The van der Waals surface area contributed by atoms with E-state index in [0.29, 0.717) is 43.0 Å². The summed E-state index contributed by atoms with van der Waals surface area (Å²) in [4.78, 5) is 35.7. The Hall–Kier alpha value is -3.39. The van der Waals surface area contributed by atoms with Crippen molar-refractivity contribution >= 4 is 18.3 Å². The summed E-state index contributed by atoms with van der Waals surface area (Å²) in [5.74, 6) is 0.985. The zero-order chi connectivity index (χ0) is 22.3. The van der Waals surface area contributed by atoms with Crippen molar-refractivity contribution in [3.63, 3.8) is 0 Å². The molecule has 2 atom stereocenters. The average Bonchev–Trinajstić information content (AvgIpc) is 2.78. The number of piperidine rings is 2. The molecule has 164 valence electrons. The van der Waals surface area contributed by atoms with Crippen molar-refractivity contribution < 1.29 is 29.3 Å². The standard InChI is InChI=1S/C22H24N2O4.CH2O2/c25-19-10-13-24(15-22(19)11-5-12-23-21(22)27)20(26)16-6-4-9-18(14-16)28-17-7-2-1-3-8-17;2-1-3/h1-4,6-9,14,19,25H,5,10-13,15H2,(H,23,27);1H,(H,2,3)/t19-,22-;/m1./s1. The number of ether oxygens (including phenoxy) is 1. The van der Waals surface area contributed by atoms with Crippen LogP contribution in [0.2, 0.25) is 0 Å². The van der Waals surface area contributed by atoms with Crippen molar-refractivity contribution in [1.82, 2.24) is 10.2 Å². The largest absolute Gasteiger partial charge is 0.483 e. The van der Waals surface area contributed by atoms with Gasteiger partial charge in [-0.2, -0.15) is 0 Å². The molecule has 0 aromatic heterocycles. The molecule has 2 saturated heterocycles. The molecule has 0 radical (unpaired) electrons. The van der Waals surface area contributed by atoms with Crippen LogP contribution in [0.3, 0.4) is 0 Å². The van der Waals surface area contributed by atoms with Crippen molar-refractivity contribution in [3.05, 3.63) is 60.2 Å². The monoisotopic (exact) mass is 426 g/mol. The summed E-state index contributed by atoms with van der Waals surface area (Å²) in [6.45, 7) is 1.04. The third-order valence-electron chi connectivity index (χ3n) is 5.67. The number of carboxylic acid groups (broad SMARTS) is 1. The van der Waals surface area contributed by atoms with E-state index in [1.165, 1.54) is 0 Å². The third-order valence-corrected chi connectivity index (χ3v) is 5.67. The lowest BCUT2D eigenvalue weighted by atomic mass is 9.71. The Morgan fingerprint density at radius 3 is 2.58 bits per heavy atom. The van der Waals surface area contributed by atoms with Crippen LogP contribution in [-0.2, 0) is 9.59 Å². The molecular formula is C23H26N2O6. The van der Waals surface area contributed by atoms with Crippen LogP contribution in [0.4, 0.5) is 0 Å². The first-order valence-corrected chi connectivity index (χ1v) is 10.2. The van der Waals surface area contributed by atoms with Gasteiger partial charge in [-0.15, -0.1) is 0 Å². The zero-order valence-electron chi connectivity index (χ0n) is 17.1. The number of hydrogen-bond acceptors (Lipinski definition) is 5. The Labute approximate surface area is 180 Å². The third kappa shape index (κ3) is 5.03. The van der Waals surface area contributed by atoms with Gasteiger partial charge in [0.05, 0.1) is 11.5 Å². The van der Waals surface area contributed by atoms with E-state index in [4.69, 9.17) is 14.6 Å². The lowest BCUT2D eigenvalue weighted by molar-refractivity contribution is -0.147. The Bertz CT molecular complexity index is 919. The van der Waals surface area contributed by atoms with Gasteiger partial charge in [-0.05, 0) is 49.6 Å². The van der Waals surface area contributed by atoms with Gasteiger partial charge in [-0.1, -0.05) is 24.3 Å². The van der Waals surface area contributed by atoms with Crippen molar-refractivity contribution in [1.29, 1.82) is 0 Å². The van der Waals surface area contributed by atoms with E-state index in [9.17, 15) is 14.7 Å². The van der Waals surface area contributed by atoms with Gasteiger partial charge < -0.3 is 25.2 Å². The zero-order valence-corrected chi connectivity index (χ0v) is 17.1. The van der Waals surface area contributed by atoms with Crippen LogP contribution in [0.15, 0.2) is 54.6 Å². The van der Waals surface area contributed by atoms with Gasteiger partial charge in [0.25, 0.3) is 12.4 Å². The average molecular weight is 426 g/mol. The Morgan fingerprint density at radius 2 is 1.87 bits per heavy atom. The van der Waals surface area contributed by atoms with Crippen LogP contribution in [0.5, 0.6) is 11.5 Å². The summed E-state index contributed by atoms with van der Waals surface area (Å²) in [5.41, 5.74) is -0.388. The smallest absolute Gasteiger partial charge is 0.290 e. The second-order valence-corrected chi connectivity index (χ2v) is 7.60. The fourth-order valence-corrected chi connectivity index (χ4v) is 4.12. The number of aliphatic hydroxyl groups is 1. The van der Waals surface area contributed by atoms with E-state index in [0.717, 1.165) is 6.42 Å². The second kappa shape index (κ2) is 10.1. The van der Waals surface area contributed by atoms with E-state index in [1.54, 1.807) is 29.2 Å². The Kier molecular flexibility index (Phi) is 7.25. The minimum Gasteiger partial charge on any atom is -0.483 e. The molecule has 3 N–H and O–H groups in total. The second-order valence-electron chi connectivity index (χ2n) is 7.60. The van der Waals surface area contributed by atoms with E-state index in [-0.39, 0.29) is 24.8 Å². The van der Waals surface area contributed by atoms with Gasteiger partial charge >= 0.3 is 0 Å². The first kappa shape index (κ1) is 22.3. The van der Waals surface area contributed by atoms with E-state index in [1.807, 2.05) is 30.3 Å². The molecule has 2 aliphatic rings. The molecule has 0 bridgehead atoms. The summed E-state index contributed by atoms with van der Waals surface area (Å²) < 4.78 is 5.83. The number of carbonyl (C=O) groups excluding carboxylic acids is 2. The molecule has 1 spiro atoms. The van der Waals surface area contributed by atoms with Crippen LogP contribution in [0, 0.1) is 5.41 Å². The number of para-hydroxylation sites is 1. The number of benzene rings is 2. The van der Waals surface area contributed by atoms with Crippen LogP contribution < -0.4 is 10.1 Å². The van der Waals surface area contributed by atoms with Crippen molar-refractivity contribution in [3.8, 4) is 11.5 Å². The lowest BCUT2D eigenvalue weighted by Crippen LogP contribution is -2.62. The number of carbonyl (C=O) groups is 3. The van der Waals surface area contributed by atoms with E-state index >= 15 is 0 Å². The molecule has 0 unspecified atom stereocenters. The molecule has 2 aromatic carbocycles. The molecule has 2 heterocycles. The van der Waals surface area contributed by atoms with Gasteiger partial charge in [0.15, 0.2) is 0 Å². The van der Waals surface area contributed by atoms with Gasteiger partial charge in [-0.25, -0.2) is 0 Å². The predicted octanol–water partition coefficient (Wildman–Crippen LogP) is 2.28. The van der Waals surface area contributed by atoms with Gasteiger partial charge in [0, 0.05) is 25.2 Å². The molecular weight excluding hydrogens is 400 g/mol. The molecule has 2 aromatic rings. The van der Waals surface area contributed by atoms with Crippen LogP contribution in [0.25, 0.3) is 0 Å². The fraction of sp³-hybridized carbons (Fsp3) is 0.348. The summed E-state index contributed by atoms with van der Waals surface area (Å²) in [6.07, 6.45) is 1.09. The van der Waals surface area contributed by atoms with Crippen molar-refractivity contribution in [2.75, 3.05) is 19.6 Å². The maximum Gasteiger partial charge on any atom is 0.290 e. The number of likely N-dealkylation sites (tertiary alicyclic amines) is 1. The quantitative estimate of drug-likeness (QED) is 0.649. The van der Waals surface area contributed by atoms with Gasteiger partial charge in [0.1, 0.15) is 11.5 Å². The first-order chi connectivity index (χ1) is 15.0. The predicted molar refractivity (Wildman–Crippen MR) is 113 cm³/mol. The molecule has 2 aliphatic heterocycles. The fourth-order valence-electron chi connectivity index (χ4n) is 4.12. The lowest BCUT2D eigenvalue weighted by Gasteiger charge is -2.46. The normalized spacial score (nSPS) is 22.7. The highest BCUT2D eigenvalue weighted by Crippen LogP contribution is 2.37. The first-order valence-electron chi connectivity index (χ1n) is 10.2. The van der Waals surface area contributed by atoms with E-state index in [2.05, 4.69) is 5.32 Å². The number of nitrogens with zero attached hydrogens (tertiary/aromatic N) is 1. The Balaban J connectivity index is 0.000000858. The number of nitrogens with one attached hydrogen (secondary N) is 1. The minimum absolute atomic E-state index is 0.148. The molecule has 8 heteroatoms. The number of hydrogen-bond donors (Lipinski definition) is 3. The maximum atomic E-state index is 13.1. The molecule has 0 saturated carbocycles. The number of amides is 2. The van der Waals surface area contributed by atoms with E-state index < -0.39 is 11.5 Å². The SMILES string of the molecule is O=C(c1cccc(Oc2ccccc2)c1)N1CC[C@@H](O)[C@@]2(CCCNC2=O)C1.O=CO. The Morgan fingerprint density at radius 1 is 1.16 bits per heavy atom. The van der Waals surface area contributed by atoms with Crippen LogP contribution >= 0.6 is 0 Å². The minimum atomic E-state index is -0.899. The highest BCUT2D eigenvalue weighted by Gasteiger charge is 2.50. The number of rotatable bonds is 3. The molecule has 0 aliphatic carbocycles. The molecule has 4 rings (SSSR count). The highest BCUT2D eigenvalue weighted by atomic mass is 16.5. The van der Waals surface area contributed by atoms with Crippen LogP contribution in [-0.4, -0.2) is 59.1 Å². The van der Waals surface area contributed by atoms with Gasteiger partial charge in [-0.3, -0.25) is 14.4 Å². The molecule has 31 heavy (non-hydrogen) atoms. The van der Waals surface area contributed by atoms with Crippen molar-refractivity contribution in [2.45, 2.75) is 25.4 Å². The maximum absolute atomic E-state index is 13.1. The summed E-state index contributed by atoms with van der Waals surface area (Å²) in [6, 6.07) is 16.4. The molecule has 2 amide bonds. The van der Waals surface area contributed by atoms with Crippen LogP contribution in [0.1, 0.15) is 29.6 Å². The molecule has 8 nitrogen and oxygen atoms in total. The summed E-state index contributed by atoms with van der Waals surface area (Å²) >= 11 is 0. The number of aliphatic hydroxyl groups excluding tert-OH is 1. The summed E-state index contributed by atoms with van der Waals surface area (Å²) in [7, 11) is 0. The highest BCUT2D eigenvalue weighted by molar-refractivity contribution is 5.95. The molecule has 2 fully saturated rings. The topological polar surface area (TPSA) is 116 Å². The summed E-state index contributed by atoms with van der Waals surface area (Å²) in [5, 5.41) is 20.3. The van der Waals surface area contributed by atoms with Crippen molar-refractivity contribution in [2.24, 2.45) is 5.41 Å².